The van der Waals surface area contributed by atoms with Crippen LogP contribution in [0.4, 0.5) is 0 Å². The van der Waals surface area contributed by atoms with Gasteiger partial charge in [0.25, 0.3) is 0 Å². The van der Waals surface area contributed by atoms with Gasteiger partial charge in [-0.2, -0.15) is 0 Å². The van der Waals surface area contributed by atoms with Crippen molar-refractivity contribution in [3.8, 4) is 0 Å². The molecule has 1 aromatic heterocycles. The molecule has 29 heavy (non-hydrogen) atoms. The van der Waals surface area contributed by atoms with E-state index in [2.05, 4.69) is 71.6 Å². The molecular weight excluding hydrogens is 359 g/mol. The van der Waals surface area contributed by atoms with E-state index in [9.17, 15) is 0 Å². The maximum Gasteiger partial charge on any atom is 0.233 e. The summed E-state index contributed by atoms with van der Waals surface area (Å²) in [7, 11) is 0. The van der Waals surface area contributed by atoms with Crippen LogP contribution in [0, 0.1) is 5.92 Å². The molecule has 4 nitrogen and oxygen atoms in total. The van der Waals surface area contributed by atoms with E-state index in [-0.39, 0.29) is 6.29 Å². The number of hydrogen-bond donors (Lipinski definition) is 0. The normalized spacial score (nSPS) is 14.7. The summed E-state index contributed by atoms with van der Waals surface area (Å²) in [5.74, 6) is 2.41. The number of nitrogens with zero attached hydrogens (tertiary/aromatic N) is 2. The molecule has 1 aliphatic rings. The van der Waals surface area contributed by atoms with Crippen molar-refractivity contribution in [1.82, 2.24) is 9.55 Å². The van der Waals surface area contributed by atoms with Gasteiger partial charge in [-0.25, -0.2) is 4.98 Å². The molecule has 1 unspecified atom stereocenters. The predicted octanol–water partition coefficient (Wildman–Crippen LogP) is 3.30. The van der Waals surface area contributed by atoms with E-state index < -0.39 is 0 Å². The molecule has 0 amide bonds. The van der Waals surface area contributed by atoms with Crippen molar-refractivity contribution in [3.63, 3.8) is 0 Å². The molecule has 0 radical (unpaired) electrons. The number of ether oxygens (including phenoxy) is 2. The number of benzene rings is 2. The van der Waals surface area contributed by atoms with Gasteiger partial charge < -0.3 is 14.0 Å². The van der Waals surface area contributed by atoms with Crippen molar-refractivity contribution in [2.75, 3.05) is 13.2 Å². The smallest absolute Gasteiger partial charge is 0.233 e. The summed E-state index contributed by atoms with van der Waals surface area (Å²) in [6, 6.07) is 20.9. The van der Waals surface area contributed by atoms with Crippen molar-refractivity contribution in [1.29, 1.82) is 0 Å². The van der Waals surface area contributed by atoms with E-state index in [1.807, 2.05) is 30.6 Å². The maximum atomic E-state index is 5.50. The zero-order chi connectivity index (χ0) is 20.3. The summed E-state index contributed by atoms with van der Waals surface area (Å²) in [6.45, 7) is 8.74. The molecule has 1 saturated heterocycles. The van der Waals surface area contributed by atoms with Crippen LogP contribution in [-0.4, -0.2) is 35.8 Å². The van der Waals surface area contributed by atoms with Gasteiger partial charge in [-0.3, -0.25) is 0 Å². The van der Waals surface area contributed by atoms with Gasteiger partial charge >= 0.3 is 0 Å². The standard InChI is InChI=1S/C14H13B.C10H16N2O2/c1-2-15(13-9-5-3-6-10-13)14-11-7-4-8-12-14;1-2-9(10-13-5-6-14-10)7-12-4-3-11-8-12/h2-12H,1H2;3-4,8-10H,2,5-7H2,1H3. The van der Waals surface area contributed by atoms with Crippen molar-refractivity contribution in [2.45, 2.75) is 26.2 Å². The molecule has 150 valence electrons. The van der Waals surface area contributed by atoms with Crippen LogP contribution < -0.4 is 10.9 Å². The Bertz CT molecular complexity index is 779. The highest BCUT2D eigenvalue weighted by atomic mass is 16.7. The largest absolute Gasteiger partial charge is 0.350 e. The van der Waals surface area contributed by atoms with Crippen LogP contribution in [-0.2, 0) is 16.0 Å². The Morgan fingerprint density at radius 2 is 1.66 bits per heavy atom. The first-order valence-corrected chi connectivity index (χ1v) is 10.2. The molecule has 3 aromatic rings. The van der Waals surface area contributed by atoms with Crippen LogP contribution in [0.15, 0.2) is 91.9 Å². The average molecular weight is 388 g/mol. The Morgan fingerprint density at radius 1 is 1.07 bits per heavy atom. The lowest BCUT2D eigenvalue weighted by Gasteiger charge is -2.20. The van der Waals surface area contributed by atoms with Crippen molar-refractivity contribution >= 4 is 17.6 Å². The van der Waals surface area contributed by atoms with Gasteiger partial charge in [-0.1, -0.05) is 78.5 Å². The molecule has 0 saturated carbocycles. The predicted molar refractivity (Wildman–Crippen MR) is 120 cm³/mol. The minimum absolute atomic E-state index is 0.0256. The molecule has 2 heterocycles. The maximum absolute atomic E-state index is 5.50. The summed E-state index contributed by atoms with van der Waals surface area (Å²) in [5, 5.41) is 0. The Balaban J connectivity index is 0.000000166. The zero-order valence-corrected chi connectivity index (χ0v) is 17.1. The molecule has 2 aromatic carbocycles. The highest BCUT2D eigenvalue weighted by Gasteiger charge is 2.25. The third-order valence-electron chi connectivity index (χ3n) is 5.11. The SMILES string of the molecule is C=CB(c1ccccc1)c1ccccc1.CCC(Cn1ccnc1)C1OCCO1. The molecule has 0 spiro atoms. The van der Waals surface area contributed by atoms with Gasteiger partial charge in [-0.15, -0.1) is 12.6 Å². The van der Waals surface area contributed by atoms with Gasteiger partial charge in [0.2, 0.25) is 6.71 Å². The Morgan fingerprint density at radius 3 is 2.10 bits per heavy atom. The Hall–Kier alpha value is -2.63. The van der Waals surface area contributed by atoms with Crippen molar-refractivity contribution < 1.29 is 9.47 Å². The van der Waals surface area contributed by atoms with Gasteiger partial charge in [0, 0.05) is 24.9 Å². The van der Waals surface area contributed by atoms with Crippen LogP contribution in [0.2, 0.25) is 0 Å². The Kier molecular flexibility index (Phi) is 8.29. The third kappa shape index (κ3) is 6.18. The molecule has 0 bridgehead atoms. The molecule has 1 atom stereocenters. The monoisotopic (exact) mass is 388 g/mol. The van der Waals surface area contributed by atoms with Gasteiger partial charge in [-0.05, 0) is 6.42 Å². The van der Waals surface area contributed by atoms with E-state index >= 15 is 0 Å². The summed E-state index contributed by atoms with van der Waals surface area (Å²) in [4.78, 5) is 4.02. The van der Waals surface area contributed by atoms with Crippen LogP contribution in [0.1, 0.15) is 13.3 Å². The first-order chi connectivity index (χ1) is 14.3. The lowest BCUT2D eigenvalue weighted by atomic mass is 9.41. The second kappa shape index (κ2) is 11.4. The second-order valence-electron chi connectivity index (χ2n) is 7.07. The quantitative estimate of drug-likeness (QED) is 0.583. The molecular formula is C24H29BN2O2. The summed E-state index contributed by atoms with van der Waals surface area (Å²) < 4.78 is 13.1. The van der Waals surface area contributed by atoms with Crippen molar-refractivity contribution in [2.24, 2.45) is 5.92 Å². The van der Waals surface area contributed by atoms with Crippen LogP contribution >= 0.6 is 0 Å². The topological polar surface area (TPSA) is 36.3 Å². The van der Waals surface area contributed by atoms with E-state index in [1.54, 1.807) is 6.20 Å². The molecule has 5 heteroatoms. The second-order valence-corrected chi connectivity index (χ2v) is 7.07. The summed E-state index contributed by atoms with van der Waals surface area (Å²) in [6.07, 6.45) is 6.63. The Labute approximate surface area is 174 Å². The van der Waals surface area contributed by atoms with Crippen LogP contribution in [0.3, 0.4) is 0 Å². The van der Waals surface area contributed by atoms with E-state index in [1.165, 1.54) is 10.9 Å². The first kappa shape index (κ1) is 21.1. The number of aromatic nitrogens is 2. The molecule has 0 aliphatic carbocycles. The van der Waals surface area contributed by atoms with Crippen LogP contribution in [0.25, 0.3) is 0 Å². The average Bonchev–Trinajstić information content (AvgIpc) is 3.49. The fourth-order valence-corrected chi connectivity index (χ4v) is 3.51. The number of rotatable bonds is 7. The number of imidazole rings is 1. The first-order valence-electron chi connectivity index (χ1n) is 10.2. The minimum atomic E-state index is -0.0256. The van der Waals surface area contributed by atoms with Crippen LogP contribution in [0.5, 0.6) is 0 Å². The van der Waals surface area contributed by atoms with E-state index in [4.69, 9.17) is 9.47 Å². The fraction of sp³-hybridized carbons (Fsp3) is 0.292. The lowest BCUT2D eigenvalue weighted by Crippen LogP contribution is -2.40. The van der Waals surface area contributed by atoms with E-state index in [0.717, 1.165) is 26.2 Å². The summed E-state index contributed by atoms with van der Waals surface area (Å²) >= 11 is 0. The van der Waals surface area contributed by atoms with Gasteiger partial charge in [0.15, 0.2) is 6.29 Å². The molecule has 4 rings (SSSR count). The highest BCUT2D eigenvalue weighted by molar-refractivity contribution is 6.89. The van der Waals surface area contributed by atoms with Crippen molar-refractivity contribution in [3.05, 3.63) is 91.9 Å². The van der Waals surface area contributed by atoms with Gasteiger partial charge in [0.1, 0.15) is 0 Å². The third-order valence-corrected chi connectivity index (χ3v) is 5.11. The fourth-order valence-electron chi connectivity index (χ4n) is 3.51. The van der Waals surface area contributed by atoms with Gasteiger partial charge in [0.05, 0.1) is 19.5 Å². The summed E-state index contributed by atoms with van der Waals surface area (Å²) in [5.41, 5.74) is 2.58. The molecule has 1 fully saturated rings. The highest BCUT2D eigenvalue weighted by Crippen LogP contribution is 2.19. The van der Waals surface area contributed by atoms with E-state index in [0.29, 0.717) is 12.6 Å². The molecule has 0 N–H and O–H groups in total. The lowest BCUT2D eigenvalue weighted by molar-refractivity contribution is -0.0884. The molecule has 1 aliphatic heterocycles. The zero-order valence-electron chi connectivity index (χ0n) is 17.1. The number of hydrogen-bond acceptors (Lipinski definition) is 3. The minimum Gasteiger partial charge on any atom is -0.350 e.